The zero-order valence-electron chi connectivity index (χ0n) is 12.9. The Labute approximate surface area is 121 Å². The van der Waals surface area contributed by atoms with E-state index in [-0.39, 0.29) is 0 Å². The molecule has 2 aromatic heterocycles. The van der Waals surface area contributed by atoms with Gasteiger partial charge in [-0.2, -0.15) is 10.2 Å². The van der Waals surface area contributed by atoms with Gasteiger partial charge in [0, 0.05) is 30.5 Å². The SMILES string of the molecule is CCC(C)n1ccc(NCc2ccnn2C(C)CC)n1. The molecule has 0 bridgehead atoms. The van der Waals surface area contributed by atoms with Crippen LogP contribution in [0.25, 0.3) is 0 Å². The Kier molecular flexibility index (Phi) is 4.82. The fourth-order valence-corrected chi connectivity index (χ4v) is 2.10. The minimum Gasteiger partial charge on any atom is -0.363 e. The Morgan fingerprint density at radius 3 is 2.60 bits per heavy atom. The predicted molar refractivity (Wildman–Crippen MR) is 81.8 cm³/mol. The predicted octanol–water partition coefficient (Wildman–Crippen LogP) is 3.63. The Morgan fingerprint density at radius 2 is 1.90 bits per heavy atom. The average molecular weight is 275 g/mol. The summed E-state index contributed by atoms with van der Waals surface area (Å²) in [7, 11) is 0. The van der Waals surface area contributed by atoms with Gasteiger partial charge in [-0.05, 0) is 32.8 Å². The Balaban J connectivity index is 1.99. The molecule has 2 rings (SSSR count). The molecule has 5 nitrogen and oxygen atoms in total. The van der Waals surface area contributed by atoms with Crippen LogP contribution in [-0.2, 0) is 6.54 Å². The first-order valence-corrected chi connectivity index (χ1v) is 7.47. The third kappa shape index (κ3) is 3.21. The first-order chi connectivity index (χ1) is 9.65. The van der Waals surface area contributed by atoms with Gasteiger partial charge >= 0.3 is 0 Å². The van der Waals surface area contributed by atoms with E-state index < -0.39 is 0 Å². The standard InChI is InChI=1S/C15H25N5/c1-5-12(3)19-10-8-15(18-19)16-11-14-7-9-17-20(14)13(4)6-2/h7-10,12-13H,5-6,11H2,1-4H3,(H,16,18). The average Bonchev–Trinajstić information content (AvgIpc) is 3.12. The molecule has 0 aliphatic rings. The van der Waals surface area contributed by atoms with Gasteiger partial charge in [0.05, 0.1) is 12.2 Å². The third-order valence-corrected chi connectivity index (χ3v) is 3.86. The van der Waals surface area contributed by atoms with Gasteiger partial charge in [-0.15, -0.1) is 0 Å². The molecule has 0 spiro atoms. The van der Waals surface area contributed by atoms with Crippen molar-refractivity contribution in [2.24, 2.45) is 0 Å². The van der Waals surface area contributed by atoms with E-state index in [1.807, 2.05) is 23.1 Å². The van der Waals surface area contributed by atoms with Gasteiger partial charge in [0.1, 0.15) is 5.82 Å². The van der Waals surface area contributed by atoms with E-state index in [0.717, 1.165) is 25.2 Å². The third-order valence-electron chi connectivity index (χ3n) is 3.86. The van der Waals surface area contributed by atoms with E-state index in [2.05, 4.69) is 54.0 Å². The zero-order chi connectivity index (χ0) is 14.5. The first kappa shape index (κ1) is 14.6. The Morgan fingerprint density at radius 1 is 1.15 bits per heavy atom. The molecule has 20 heavy (non-hydrogen) atoms. The summed E-state index contributed by atoms with van der Waals surface area (Å²) >= 11 is 0. The second kappa shape index (κ2) is 6.59. The number of nitrogens with one attached hydrogen (secondary N) is 1. The summed E-state index contributed by atoms with van der Waals surface area (Å²) in [6.45, 7) is 9.46. The van der Waals surface area contributed by atoms with Crippen LogP contribution in [0.1, 0.15) is 58.3 Å². The maximum atomic E-state index is 4.55. The lowest BCUT2D eigenvalue weighted by atomic mass is 10.2. The van der Waals surface area contributed by atoms with E-state index in [4.69, 9.17) is 0 Å². The lowest BCUT2D eigenvalue weighted by Gasteiger charge is -2.14. The number of hydrogen-bond acceptors (Lipinski definition) is 3. The topological polar surface area (TPSA) is 47.7 Å². The maximum Gasteiger partial charge on any atom is 0.148 e. The van der Waals surface area contributed by atoms with E-state index in [9.17, 15) is 0 Å². The highest BCUT2D eigenvalue weighted by Crippen LogP contribution is 2.15. The summed E-state index contributed by atoms with van der Waals surface area (Å²) in [6.07, 6.45) is 6.06. The molecular weight excluding hydrogens is 250 g/mol. The summed E-state index contributed by atoms with van der Waals surface area (Å²) in [5.41, 5.74) is 1.19. The summed E-state index contributed by atoms with van der Waals surface area (Å²) in [5.74, 6) is 0.919. The number of nitrogens with zero attached hydrogens (tertiary/aromatic N) is 4. The van der Waals surface area contributed by atoms with Crippen molar-refractivity contribution in [2.45, 2.75) is 59.2 Å². The van der Waals surface area contributed by atoms with Crippen molar-refractivity contribution >= 4 is 5.82 Å². The molecule has 1 N–H and O–H groups in total. The van der Waals surface area contributed by atoms with Crippen LogP contribution in [0.15, 0.2) is 24.5 Å². The van der Waals surface area contributed by atoms with Gasteiger partial charge in [-0.1, -0.05) is 13.8 Å². The lowest BCUT2D eigenvalue weighted by molar-refractivity contribution is 0.462. The minimum atomic E-state index is 0.430. The van der Waals surface area contributed by atoms with Crippen LogP contribution >= 0.6 is 0 Å². The summed E-state index contributed by atoms with van der Waals surface area (Å²) in [5, 5.41) is 12.3. The van der Waals surface area contributed by atoms with Crippen molar-refractivity contribution in [1.82, 2.24) is 19.6 Å². The molecule has 110 valence electrons. The second-order valence-electron chi connectivity index (χ2n) is 5.32. The van der Waals surface area contributed by atoms with Gasteiger partial charge in [0.25, 0.3) is 0 Å². The Hall–Kier alpha value is -1.78. The first-order valence-electron chi connectivity index (χ1n) is 7.47. The Bertz CT molecular complexity index is 528. The monoisotopic (exact) mass is 275 g/mol. The number of rotatable bonds is 7. The fourth-order valence-electron chi connectivity index (χ4n) is 2.10. The number of anilines is 1. The van der Waals surface area contributed by atoms with Gasteiger partial charge in [0.15, 0.2) is 0 Å². The van der Waals surface area contributed by atoms with Crippen LogP contribution in [0, 0.1) is 0 Å². The fraction of sp³-hybridized carbons (Fsp3) is 0.600. The lowest BCUT2D eigenvalue weighted by Crippen LogP contribution is -2.13. The molecule has 2 aromatic rings. The van der Waals surface area contributed by atoms with Gasteiger partial charge in [-0.3, -0.25) is 9.36 Å². The quantitative estimate of drug-likeness (QED) is 0.839. The molecule has 0 amide bonds. The van der Waals surface area contributed by atoms with Crippen molar-refractivity contribution in [3.8, 4) is 0 Å². The molecule has 0 aromatic carbocycles. The van der Waals surface area contributed by atoms with Crippen molar-refractivity contribution in [1.29, 1.82) is 0 Å². The van der Waals surface area contributed by atoms with Crippen molar-refractivity contribution in [3.63, 3.8) is 0 Å². The minimum absolute atomic E-state index is 0.430. The van der Waals surface area contributed by atoms with Gasteiger partial charge < -0.3 is 5.32 Å². The molecule has 0 aliphatic heterocycles. The number of aromatic nitrogens is 4. The van der Waals surface area contributed by atoms with Crippen molar-refractivity contribution in [3.05, 3.63) is 30.2 Å². The highest BCUT2D eigenvalue weighted by atomic mass is 15.3. The smallest absolute Gasteiger partial charge is 0.148 e. The van der Waals surface area contributed by atoms with E-state index >= 15 is 0 Å². The molecule has 0 saturated heterocycles. The molecule has 0 fully saturated rings. The summed E-state index contributed by atoms with van der Waals surface area (Å²) in [4.78, 5) is 0. The van der Waals surface area contributed by atoms with Gasteiger partial charge in [-0.25, -0.2) is 0 Å². The molecule has 0 aliphatic carbocycles. The second-order valence-corrected chi connectivity index (χ2v) is 5.32. The molecule has 2 heterocycles. The molecule has 0 saturated carbocycles. The molecule has 0 radical (unpaired) electrons. The molecular formula is C15H25N5. The van der Waals surface area contributed by atoms with Crippen LogP contribution in [0.5, 0.6) is 0 Å². The summed E-state index contributed by atoms with van der Waals surface area (Å²) in [6, 6.07) is 4.96. The number of hydrogen-bond donors (Lipinski definition) is 1. The van der Waals surface area contributed by atoms with E-state index in [0.29, 0.717) is 12.1 Å². The van der Waals surface area contributed by atoms with Crippen LogP contribution in [-0.4, -0.2) is 19.6 Å². The molecule has 2 atom stereocenters. The normalized spacial score (nSPS) is 14.2. The largest absolute Gasteiger partial charge is 0.363 e. The molecule has 2 unspecified atom stereocenters. The van der Waals surface area contributed by atoms with E-state index in [1.165, 1.54) is 5.69 Å². The van der Waals surface area contributed by atoms with Crippen LogP contribution in [0.4, 0.5) is 5.82 Å². The van der Waals surface area contributed by atoms with Crippen LogP contribution in [0.2, 0.25) is 0 Å². The highest BCUT2D eigenvalue weighted by Gasteiger charge is 2.09. The summed E-state index contributed by atoms with van der Waals surface area (Å²) < 4.78 is 4.09. The van der Waals surface area contributed by atoms with Crippen LogP contribution in [0.3, 0.4) is 0 Å². The highest BCUT2D eigenvalue weighted by molar-refractivity contribution is 5.33. The van der Waals surface area contributed by atoms with Gasteiger partial charge in [0.2, 0.25) is 0 Å². The van der Waals surface area contributed by atoms with Crippen molar-refractivity contribution < 1.29 is 0 Å². The van der Waals surface area contributed by atoms with E-state index in [1.54, 1.807) is 0 Å². The zero-order valence-corrected chi connectivity index (χ0v) is 12.9. The molecule has 5 heteroatoms. The van der Waals surface area contributed by atoms with Crippen molar-refractivity contribution in [2.75, 3.05) is 5.32 Å². The maximum absolute atomic E-state index is 4.55. The van der Waals surface area contributed by atoms with Crippen LogP contribution < -0.4 is 5.32 Å².